The van der Waals surface area contributed by atoms with Crippen LogP contribution in [-0.2, 0) is 0 Å². The zero-order valence-electron chi connectivity index (χ0n) is 7.18. The van der Waals surface area contributed by atoms with Gasteiger partial charge in [0.25, 0.3) is 0 Å². The molecule has 1 saturated carbocycles. The molecule has 0 amide bonds. The van der Waals surface area contributed by atoms with Crippen molar-refractivity contribution in [1.82, 2.24) is 0 Å². The van der Waals surface area contributed by atoms with Crippen LogP contribution in [0.25, 0.3) is 0 Å². The standard InChI is InChI=1S/C9H19NO/c10-9(7-4-8-11)5-2-1-3-6-9/h11H,1-8,10H2. The van der Waals surface area contributed by atoms with Gasteiger partial charge in [0.15, 0.2) is 0 Å². The van der Waals surface area contributed by atoms with Gasteiger partial charge in [0.2, 0.25) is 0 Å². The maximum atomic E-state index is 8.66. The highest BCUT2D eigenvalue weighted by Gasteiger charge is 2.26. The Labute approximate surface area is 68.8 Å². The summed E-state index contributed by atoms with van der Waals surface area (Å²) in [4.78, 5) is 0. The first-order valence-corrected chi connectivity index (χ1v) is 4.67. The minimum Gasteiger partial charge on any atom is -0.396 e. The molecule has 0 aromatic heterocycles. The van der Waals surface area contributed by atoms with Crippen LogP contribution in [0.2, 0.25) is 0 Å². The number of nitrogens with two attached hydrogens (primary N) is 1. The van der Waals surface area contributed by atoms with Crippen LogP contribution in [0.4, 0.5) is 0 Å². The van der Waals surface area contributed by atoms with Gasteiger partial charge in [0.1, 0.15) is 0 Å². The van der Waals surface area contributed by atoms with Gasteiger partial charge in [-0.05, 0) is 25.7 Å². The van der Waals surface area contributed by atoms with Gasteiger partial charge in [-0.15, -0.1) is 0 Å². The Balaban J connectivity index is 2.25. The van der Waals surface area contributed by atoms with Gasteiger partial charge in [-0.2, -0.15) is 0 Å². The molecule has 2 heteroatoms. The molecule has 0 unspecified atom stereocenters. The monoisotopic (exact) mass is 157 g/mol. The summed E-state index contributed by atoms with van der Waals surface area (Å²) in [5.74, 6) is 0. The Morgan fingerprint density at radius 2 is 1.82 bits per heavy atom. The number of hydrogen-bond donors (Lipinski definition) is 2. The van der Waals surface area contributed by atoms with Crippen LogP contribution in [-0.4, -0.2) is 17.3 Å². The van der Waals surface area contributed by atoms with Crippen molar-refractivity contribution in [3.63, 3.8) is 0 Å². The van der Waals surface area contributed by atoms with E-state index in [1.54, 1.807) is 0 Å². The van der Waals surface area contributed by atoms with E-state index in [4.69, 9.17) is 10.8 Å². The number of aliphatic hydroxyl groups is 1. The molecule has 1 rings (SSSR count). The Morgan fingerprint density at radius 1 is 1.18 bits per heavy atom. The lowest BCUT2D eigenvalue weighted by Gasteiger charge is -2.33. The van der Waals surface area contributed by atoms with E-state index in [0.29, 0.717) is 6.61 Å². The van der Waals surface area contributed by atoms with Crippen LogP contribution in [0.3, 0.4) is 0 Å². The van der Waals surface area contributed by atoms with Gasteiger partial charge in [-0.25, -0.2) is 0 Å². The molecule has 0 aliphatic heterocycles. The summed E-state index contributed by atoms with van der Waals surface area (Å²) in [5, 5.41) is 8.66. The highest BCUT2D eigenvalue weighted by molar-refractivity contribution is 4.86. The lowest BCUT2D eigenvalue weighted by atomic mass is 9.79. The maximum Gasteiger partial charge on any atom is 0.0431 e. The Kier molecular flexibility index (Phi) is 3.34. The van der Waals surface area contributed by atoms with Crippen molar-refractivity contribution >= 4 is 0 Å². The van der Waals surface area contributed by atoms with E-state index in [1.165, 1.54) is 19.3 Å². The summed E-state index contributed by atoms with van der Waals surface area (Å²) in [5.41, 5.74) is 6.20. The van der Waals surface area contributed by atoms with Gasteiger partial charge in [0.05, 0.1) is 0 Å². The number of hydrogen-bond acceptors (Lipinski definition) is 2. The van der Waals surface area contributed by atoms with Crippen molar-refractivity contribution in [1.29, 1.82) is 0 Å². The maximum absolute atomic E-state index is 8.66. The summed E-state index contributed by atoms with van der Waals surface area (Å²) < 4.78 is 0. The lowest BCUT2D eigenvalue weighted by molar-refractivity contribution is 0.228. The molecule has 66 valence electrons. The molecular formula is C9H19NO. The van der Waals surface area contributed by atoms with Crippen molar-refractivity contribution < 1.29 is 5.11 Å². The van der Waals surface area contributed by atoms with E-state index in [0.717, 1.165) is 25.7 Å². The average Bonchev–Trinajstić information content (AvgIpc) is 2.03. The number of aliphatic hydroxyl groups excluding tert-OH is 1. The van der Waals surface area contributed by atoms with Gasteiger partial charge >= 0.3 is 0 Å². The summed E-state index contributed by atoms with van der Waals surface area (Å²) >= 11 is 0. The average molecular weight is 157 g/mol. The molecule has 0 aromatic rings. The van der Waals surface area contributed by atoms with E-state index in [2.05, 4.69) is 0 Å². The van der Waals surface area contributed by atoms with E-state index in [1.807, 2.05) is 0 Å². The fourth-order valence-corrected chi connectivity index (χ4v) is 1.94. The normalized spacial score (nSPS) is 23.5. The van der Waals surface area contributed by atoms with E-state index in [-0.39, 0.29) is 5.54 Å². The smallest absolute Gasteiger partial charge is 0.0431 e. The predicted molar refractivity (Wildman–Crippen MR) is 46.3 cm³/mol. The molecule has 2 nitrogen and oxygen atoms in total. The minimum atomic E-state index is 0.0704. The second kappa shape index (κ2) is 4.07. The van der Waals surface area contributed by atoms with E-state index < -0.39 is 0 Å². The molecule has 0 radical (unpaired) electrons. The van der Waals surface area contributed by atoms with Crippen LogP contribution in [0.1, 0.15) is 44.9 Å². The molecule has 0 atom stereocenters. The molecule has 0 heterocycles. The zero-order chi connectivity index (χ0) is 8.16. The van der Waals surface area contributed by atoms with Crippen molar-refractivity contribution in [2.45, 2.75) is 50.5 Å². The first-order valence-electron chi connectivity index (χ1n) is 4.67. The Morgan fingerprint density at radius 3 is 2.36 bits per heavy atom. The Hall–Kier alpha value is -0.0800. The molecule has 1 aliphatic rings. The highest BCUT2D eigenvalue weighted by atomic mass is 16.2. The lowest BCUT2D eigenvalue weighted by Crippen LogP contribution is -2.41. The van der Waals surface area contributed by atoms with Gasteiger partial charge in [0, 0.05) is 12.1 Å². The Bertz CT molecular complexity index is 108. The fraction of sp³-hybridized carbons (Fsp3) is 1.00. The summed E-state index contributed by atoms with van der Waals surface area (Å²) in [7, 11) is 0. The topological polar surface area (TPSA) is 46.2 Å². The molecule has 1 aliphatic carbocycles. The predicted octanol–water partition coefficient (Wildman–Crippen LogP) is 1.42. The van der Waals surface area contributed by atoms with Crippen molar-refractivity contribution in [3.05, 3.63) is 0 Å². The van der Waals surface area contributed by atoms with Gasteiger partial charge in [-0.1, -0.05) is 19.3 Å². The van der Waals surface area contributed by atoms with E-state index >= 15 is 0 Å². The SMILES string of the molecule is NC1(CCCO)CCCCC1. The molecule has 1 fully saturated rings. The highest BCUT2D eigenvalue weighted by Crippen LogP contribution is 2.29. The minimum absolute atomic E-state index is 0.0704. The van der Waals surface area contributed by atoms with E-state index in [9.17, 15) is 0 Å². The molecule has 0 bridgehead atoms. The van der Waals surface area contributed by atoms with Crippen molar-refractivity contribution in [2.24, 2.45) is 5.73 Å². The molecular weight excluding hydrogens is 138 g/mol. The molecule has 0 saturated heterocycles. The fourth-order valence-electron chi connectivity index (χ4n) is 1.94. The van der Waals surface area contributed by atoms with Crippen LogP contribution < -0.4 is 5.73 Å². The van der Waals surface area contributed by atoms with Crippen LogP contribution in [0.15, 0.2) is 0 Å². The molecule has 0 aromatic carbocycles. The molecule has 0 spiro atoms. The third-order valence-electron chi connectivity index (χ3n) is 2.68. The van der Waals surface area contributed by atoms with Crippen LogP contribution in [0, 0.1) is 0 Å². The first kappa shape index (κ1) is 9.01. The van der Waals surface area contributed by atoms with Crippen molar-refractivity contribution in [3.8, 4) is 0 Å². The van der Waals surface area contributed by atoms with Gasteiger partial charge < -0.3 is 10.8 Å². The molecule has 11 heavy (non-hydrogen) atoms. The first-order chi connectivity index (χ1) is 5.27. The largest absolute Gasteiger partial charge is 0.396 e. The number of rotatable bonds is 3. The van der Waals surface area contributed by atoms with Crippen LogP contribution >= 0.6 is 0 Å². The zero-order valence-corrected chi connectivity index (χ0v) is 7.18. The second-order valence-electron chi connectivity index (χ2n) is 3.75. The third kappa shape index (κ3) is 2.80. The summed E-state index contributed by atoms with van der Waals surface area (Å²) in [6.45, 7) is 0.291. The summed E-state index contributed by atoms with van der Waals surface area (Å²) in [6, 6.07) is 0. The van der Waals surface area contributed by atoms with Crippen LogP contribution in [0.5, 0.6) is 0 Å². The van der Waals surface area contributed by atoms with Crippen molar-refractivity contribution in [2.75, 3.05) is 6.61 Å². The second-order valence-corrected chi connectivity index (χ2v) is 3.75. The quantitative estimate of drug-likeness (QED) is 0.651. The third-order valence-corrected chi connectivity index (χ3v) is 2.68. The molecule has 3 N–H and O–H groups in total. The summed E-state index contributed by atoms with van der Waals surface area (Å²) in [6.07, 6.45) is 8.10. The van der Waals surface area contributed by atoms with Gasteiger partial charge in [-0.3, -0.25) is 0 Å².